The van der Waals surface area contributed by atoms with Crippen LogP contribution in [0.3, 0.4) is 0 Å². The second-order valence-electron chi connectivity index (χ2n) is 8.91. The number of rotatable bonds is 6. The molecule has 4 heterocycles. The van der Waals surface area contributed by atoms with E-state index in [1.807, 2.05) is 0 Å². The van der Waals surface area contributed by atoms with Crippen LogP contribution >= 0.6 is 11.3 Å². The van der Waals surface area contributed by atoms with Gasteiger partial charge in [0.1, 0.15) is 29.4 Å². The molecule has 1 saturated heterocycles. The number of carbonyl (C=O) groups excluding carboxylic acids is 1. The smallest absolute Gasteiger partial charge is 0.394 e. The van der Waals surface area contributed by atoms with Gasteiger partial charge in [0.25, 0.3) is 5.82 Å². The molecule has 38 heavy (non-hydrogen) atoms. The van der Waals surface area contributed by atoms with Crippen LogP contribution in [0.1, 0.15) is 35.4 Å². The number of aromatic nitrogens is 6. The first-order valence-electron chi connectivity index (χ1n) is 11.5. The van der Waals surface area contributed by atoms with Crippen molar-refractivity contribution in [3.63, 3.8) is 0 Å². The Kier molecular flexibility index (Phi) is 6.75. The van der Waals surface area contributed by atoms with Crippen molar-refractivity contribution in [2.24, 2.45) is 0 Å². The van der Waals surface area contributed by atoms with Crippen molar-refractivity contribution in [2.45, 2.75) is 43.7 Å². The van der Waals surface area contributed by atoms with E-state index in [9.17, 15) is 36.2 Å². The van der Waals surface area contributed by atoms with Crippen LogP contribution in [-0.2, 0) is 23.7 Å². The fourth-order valence-electron chi connectivity index (χ4n) is 4.10. The van der Waals surface area contributed by atoms with Crippen LogP contribution < -0.4 is 4.90 Å². The molecule has 204 valence electrons. The number of hydrogen-bond acceptors (Lipinski definition) is 9. The predicted molar refractivity (Wildman–Crippen MR) is 120 cm³/mol. The first kappa shape index (κ1) is 26.3. The Morgan fingerprint density at radius 1 is 1.05 bits per heavy atom. The lowest BCUT2D eigenvalue weighted by Crippen LogP contribution is -2.57. The minimum absolute atomic E-state index is 0.000689. The summed E-state index contributed by atoms with van der Waals surface area (Å²) in [6.07, 6.45) is -3.86. The highest BCUT2D eigenvalue weighted by molar-refractivity contribution is 7.16. The van der Waals surface area contributed by atoms with E-state index in [0.29, 0.717) is 22.7 Å². The summed E-state index contributed by atoms with van der Waals surface area (Å²) in [4.78, 5) is 31.2. The fraction of sp³-hybridized carbons (Fsp3) is 0.524. The van der Waals surface area contributed by atoms with E-state index in [0.717, 1.165) is 23.9 Å². The van der Waals surface area contributed by atoms with E-state index < -0.39 is 48.3 Å². The zero-order chi connectivity index (χ0) is 27.2. The first-order chi connectivity index (χ1) is 17.9. The number of hydrogen-bond donors (Lipinski definition) is 1. The van der Waals surface area contributed by atoms with Crippen molar-refractivity contribution < 1.29 is 36.2 Å². The molecule has 1 saturated carbocycles. The number of halogens is 6. The third-order valence-electron chi connectivity index (χ3n) is 6.13. The lowest BCUT2D eigenvalue weighted by molar-refractivity contribution is -0.145. The van der Waals surface area contributed by atoms with Crippen LogP contribution in [0.15, 0.2) is 18.7 Å². The molecule has 17 heteroatoms. The molecule has 0 bridgehead atoms. The Bertz CT molecular complexity index is 1300. The van der Waals surface area contributed by atoms with Crippen molar-refractivity contribution in [1.82, 2.24) is 34.6 Å². The van der Waals surface area contributed by atoms with Gasteiger partial charge in [0, 0.05) is 43.5 Å². The molecule has 3 aromatic heterocycles. The van der Waals surface area contributed by atoms with Crippen molar-refractivity contribution >= 4 is 22.2 Å². The number of carbonyl (C=O) groups is 1. The summed E-state index contributed by atoms with van der Waals surface area (Å²) in [5.74, 6) is -1.12. The van der Waals surface area contributed by atoms with Gasteiger partial charge < -0.3 is 14.9 Å². The molecule has 3 aromatic rings. The number of nitrogens with zero attached hydrogens (tertiary/aromatic N) is 8. The second-order valence-corrected chi connectivity index (χ2v) is 9.89. The number of thiazole rings is 1. The normalized spacial score (nSPS) is 18.8. The Morgan fingerprint density at radius 3 is 2.34 bits per heavy atom. The van der Waals surface area contributed by atoms with E-state index in [4.69, 9.17) is 0 Å². The van der Waals surface area contributed by atoms with Crippen molar-refractivity contribution in [1.29, 1.82) is 0 Å². The number of aliphatic hydroxyl groups excluding tert-OH is 1. The van der Waals surface area contributed by atoms with Crippen LogP contribution in [0.2, 0.25) is 0 Å². The number of anilines is 1. The quantitative estimate of drug-likeness (QED) is 0.457. The standard InChI is InChI=1S/C21H20F6N8O2S/c22-20(23,24)18-30-10-34(32-18)8-14(37)35-4-3-33(7-13(35)9-36)17-15(31-19(38-17)21(25,26)27)12-5-28-16(29-6-12)11-1-2-11/h5-6,10-11,13,36H,1-4,7-9H2/t13-/m0/s1. The van der Waals surface area contributed by atoms with Gasteiger partial charge in [0.2, 0.25) is 10.9 Å². The van der Waals surface area contributed by atoms with E-state index in [1.165, 1.54) is 17.3 Å². The Morgan fingerprint density at radius 2 is 1.76 bits per heavy atom. The van der Waals surface area contributed by atoms with Gasteiger partial charge >= 0.3 is 12.4 Å². The van der Waals surface area contributed by atoms with Crippen LogP contribution in [0.25, 0.3) is 11.3 Å². The average Bonchev–Trinajstić information content (AvgIpc) is 3.42. The van der Waals surface area contributed by atoms with Gasteiger partial charge in [0.15, 0.2) is 0 Å². The van der Waals surface area contributed by atoms with Crippen molar-refractivity contribution in [3.05, 3.63) is 35.4 Å². The summed E-state index contributed by atoms with van der Waals surface area (Å²) in [7, 11) is 0. The summed E-state index contributed by atoms with van der Waals surface area (Å²) < 4.78 is 79.7. The van der Waals surface area contributed by atoms with Crippen LogP contribution in [0, 0.1) is 0 Å². The van der Waals surface area contributed by atoms with Gasteiger partial charge in [-0.25, -0.2) is 24.6 Å². The molecule has 1 amide bonds. The van der Waals surface area contributed by atoms with E-state index in [-0.39, 0.29) is 36.2 Å². The minimum Gasteiger partial charge on any atom is -0.394 e. The zero-order valence-corrected chi connectivity index (χ0v) is 20.3. The number of piperazine rings is 1. The highest BCUT2D eigenvalue weighted by atomic mass is 32.1. The molecule has 0 radical (unpaired) electrons. The molecule has 0 unspecified atom stereocenters. The lowest BCUT2D eigenvalue weighted by Gasteiger charge is -2.41. The molecule has 5 rings (SSSR count). The maximum atomic E-state index is 13.6. The maximum absolute atomic E-state index is 13.6. The highest BCUT2D eigenvalue weighted by Gasteiger charge is 2.40. The Labute approximate surface area is 215 Å². The van der Waals surface area contributed by atoms with E-state index in [1.54, 1.807) is 4.90 Å². The maximum Gasteiger partial charge on any atom is 0.453 e. The summed E-state index contributed by atoms with van der Waals surface area (Å²) in [5.41, 5.74) is 0.352. The molecule has 0 aromatic carbocycles. The molecule has 1 N–H and O–H groups in total. The first-order valence-corrected chi connectivity index (χ1v) is 12.3. The minimum atomic E-state index is -4.77. The summed E-state index contributed by atoms with van der Waals surface area (Å²) in [6.45, 7) is -0.996. The summed E-state index contributed by atoms with van der Waals surface area (Å²) in [5, 5.41) is 12.3. The average molecular weight is 563 g/mol. The van der Waals surface area contributed by atoms with Crippen LogP contribution in [-0.4, -0.2) is 77.9 Å². The fourth-order valence-corrected chi connectivity index (χ4v) is 5.09. The third-order valence-corrected chi connectivity index (χ3v) is 7.29. The third kappa shape index (κ3) is 5.43. The molecule has 1 aliphatic carbocycles. The number of amides is 1. The highest BCUT2D eigenvalue weighted by Crippen LogP contribution is 2.43. The molecular weight excluding hydrogens is 542 g/mol. The molecule has 1 atom stereocenters. The molecule has 0 spiro atoms. The monoisotopic (exact) mass is 562 g/mol. The van der Waals surface area contributed by atoms with Gasteiger partial charge in [-0.1, -0.05) is 11.3 Å². The van der Waals surface area contributed by atoms with Crippen molar-refractivity contribution in [3.8, 4) is 11.3 Å². The summed E-state index contributed by atoms with van der Waals surface area (Å²) >= 11 is 0.441. The van der Waals surface area contributed by atoms with Gasteiger partial charge in [-0.05, 0) is 12.8 Å². The van der Waals surface area contributed by atoms with E-state index >= 15 is 0 Å². The number of alkyl halides is 6. The number of aliphatic hydroxyl groups is 1. The molecule has 2 aliphatic rings. The van der Waals surface area contributed by atoms with Crippen LogP contribution in [0.4, 0.5) is 31.3 Å². The van der Waals surface area contributed by atoms with E-state index in [2.05, 4.69) is 25.0 Å². The Balaban J connectivity index is 1.35. The Hall–Kier alpha value is -3.34. The molecular formula is C21H20F6N8O2S. The second kappa shape index (κ2) is 9.76. The van der Waals surface area contributed by atoms with Crippen molar-refractivity contribution in [2.75, 3.05) is 31.1 Å². The zero-order valence-electron chi connectivity index (χ0n) is 19.4. The molecule has 1 aliphatic heterocycles. The lowest BCUT2D eigenvalue weighted by atomic mass is 10.1. The SMILES string of the molecule is O=C(Cn1cnc(C(F)(F)F)n1)N1CCN(c2sc(C(F)(F)F)nc2-c2cnc(C3CC3)nc2)C[C@H]1CO. The molecule has 10 nitrogen and oxygen atoms in total. The van der Waals surface area contributed by atoms with Gasteiger partial charge in [0.05, 0.1) is 12.6 Å². The van der Waals surface area contributed by atoms with Gasteiger partial charge in [-0.2, -0.15) is 26.3 Å². The predicted octanol–water partition coefficient (Wildman–Crippen LogP) is 2.82. The van der Waals surface area contributed by atoms with Gasteiger partial charge in [-0.15, -0.1) is 5.10 Å². The summed E-state index contributed by atoms with van der Waals surface area (Å²) in [6, 6.07) is -0.834. The topological polar surface area (TPSA) is 113 Å². The largest absolute Gasteiger partial charge is 0.453 e. The molecule has 2 fully saturated rings. The van der Waals surface area contributed by atoms with Crippen LogP contribution in [0.5, 0.6) is 0 Å². The van der Waals surface area contributed by atoms with Gasteiger partial charge in [-0.3, -0.25) is 4.79 Å².